The van der Waals surface area contributed by atoms with Gasteiger partial charge in [0.25, 0.3) is 0 Å². The first-order chi connectivity index (χ1) is 6.77. The van der Waals surface area contributed by atoms with Gasteiger partial charge >= 0.3 is 0 Å². The van der Waals surface area contributed by atoms with Crippen LogP contribution in [-0.4, -0.2) is 11.7 Å². The Balaban J connectivity index is 2.35. The van der Waals surface area contributed by atoms with Crippen LogP contribution in [0.15, 0.2) is 24.3 Å². The molecule has 14 heavy (non-hydrogen) atoms. The molecule has 1 aromatic carbocycles. The van der Waals surface area contributed by atoms with Crippen LogP contribution in [0, 0.1) is 5.82 Å². The minimum atomic E-state index is -0.206. The Kier molecular flexibility index (Phi) is 2.55. The van der Waals surface area contributed by atoms with Crippen LogP contribution < -0.4 is 0 Å². The summed E-state index contributed by atoms with van der Waals surface area (Å²) >= 11 is 0. The molecule has 1 aliphatic rings. The molecular weight excluding hydrogens is 179 g/mol. The summed E-state index contributed by atoms with van der Waals surface area (Å²) < 4.78 is 13.0. The van der Waals surface area contributed by atoms with Crippen LogP contribution in [0.5, 0.6) is 0 Å². The van der Waals surface area contributed by atoms with Crippen LogP contribution in [0.4, 0.5) is 4.39 Å². The molecule has 0 atom stereocenters. The van der Waals surface area contributed by atoms with Gasteiger partial charge in [-0.05, 0) is 30.5 Å². The van der Waals surface area contributed by atoms with Crippen molar-refractivity contribution in [3.05, 3.63) is 35.6 Å². The van der Waals surface area contributed by atoms with Gasteiger partial charge < -0.3 is 5.11 Å². The lowest BCUT2D eigenvalue weighted by Gasteiger charge is -2.26. The molecule has 2 heteroatoms. The Bertz CT molecular complexity index is 316. The van der Waals surface area contributed by atoms with E-state index in [1.807, 2.05) is 6.07 Å². The van der Waals surface area contributed by atoms with Crippen LogP contribution in [0.3, 0.4) is 0 Å². The van der Waals surface area contributed by atoms with E-state index in [4.69, 9.17) is 0 Å². The van der Waals surface area contributed by atoms with Crippen molar-refractivity contribution < 1.29 is 9.50 Å². The molecule has 1 saturated carbocycles. The van der Waals surface area contributed by atoms with E-state index in [9.17, 15) is 9.50 Å². The molecule has 0 amide bonds. The highest BCUT2D eigenvalue weighted by atomic mass is 19.1. The Morgan fingerprint density at radius 1 is 1.29 bits per heavy atom. The number of hydrogen-bond acceptors (Lipinski definition) is 1. The second-order valence-electron chi connectivity index (χ2n) is 4.16. The summed E-state index contributed by atoms with van der Waals surface area (Å²) in [4.78, 5) is 0. The minimum Gasteiger partial charge on any atom is -0.395 e. The zero-order chi connectivity index (χ0) is 10.0. The lowest BCUT2D eigenvalue weighted by molar-refractivity contribution is 0.195. The van der Waals surface area contributed by atoms with E-state index in [0.29, 0.717) is 0 Å². The van der Waals surface area contributed by atoms with Crippen molar-refractivity contribution in [2.75, 3.05) is 6.61 Å². The third-order valence-corrected chi connectivity index (χ3v) is 3.30. The van der Waals surface area contributed by atoms with E-state index in [0.717, 1.165) is 31.2 Å². The van der Waals surface area contributed by atoms with Crippen LogP contribution in [0.1, 0.15) is 31.2 Å². The van der Waals surface area contributed by atoms with Gasteiger partial charge in [-0.25, -0.2) is 4.39 Å². The highest BCUT2D eigenvalue weighted by Crippen LogP contribution is 2.40. The summed E-state index contributed by atoms with van der Waals surface area (Å²) in [5.74, 6) is -0.206. The molecule has 1 nitrogen and oxygen atoms in total. The lowest BCUT2D eigenvalue weighted by atomic mass is 9.80. The normalized spacial score (nSPS) is 19.9. The number of rotatable bonds is 2. The fourth-order valence-corrected chi connectivity index (χ4v) is 2.41. The molecule has 2 rings (SSSR count). The summed E-state index contributed by atoms with van der Waals surface area (Å²) in [5, 5.41) is 9.44. The zero-order valence-electron chi connectivity index (χ0n) is 8.17. The molecule has 0 heterocycles. The third-order valence-electron chi connectivity index (χ3n) is 3.30. The van der Waals surface area contributed by atoms with Crippen molar-refractivity contribution >= 4 is 0 Å². The molecule has 0 spiro atoms. The molecule has 1 aromatic rings. The molecule has 1 N–H and O–H groups in total. The summed E-state index contributed by atoms with van der Waals surface area (Å²) in [5.41, 5.74) is 0.791. The van der Waals surface area contributed by atoms with Gasteiger partial charge in [0.15, 0.2) is 0 Å². The summed E-state index contributed by atoms with van der Waals surface area (Å²) in [6, 6.07) is 6.65. The topological polar surface area (TPSA) is 20.2 Å². The maximum absolute atomic E-state index is 13.0. The van der Waals surface area contributed by atoms with E-state index in [2.05, 4.69) is 0 Å². The predicted octanol–water partition coefficient (Wildman–Crippen LogP) is 2.63. The number of aliphatic hydroxyl groups is 1. The lowest BCUT2D eigenvalue weighted by Crippen LogP contribution is -2.26. The van der Waals surface area contributed by atoms with Gasteiger partial charge in [0, 0.05) is 5.41 Å². The number of halogens is 1. The second-order valence-corrected chi connectivity index (χ2v) is 4.16. The maximum Gasteiger partial charge on any atom is 0.123 e. The van der Waals surface area contributed by atoms with E-state index < -0.39 is 0 Å². The molecule has 1 fully saturated rings. The van der Waals surface area contributed by atoms with Gasteiger partial charge in [-0.3, -0.25) is 0 Å². The minimum absolute atomic E-state index is 0.135. The van der Waals surface area contributed by atoms with Gasteiger partial charge in [0.2, 0.25) is 0 Å². The first-order valence-corrected chi connectivity index (χ1v) is 5.14. The van der Waals surface area contributed by atoms with Gasteiger partial charge in [-0.2, -0.15) is 0 Å². The van der Waals surface area contributed by atoms with E-state index in [1.165, 1.54) is 6.07 Å². The number of aliphatic hydroxyl groups excluding tert-OH is 1. The van der Waals surface area contributed by atoms with Crippen molar-refractivity contribution in [2.24, 2.45) is 0 Å². The Hall–Kier alpha value is -0.890. The van der Waals surface area contributed by atoms with Crippen molar-refractivity contribution in [1.29, 1.82) is 0 Å². The Labute approximate surface area is 83.6 Å². The highest BCUT2D eigenvalue weighted by Gasteiger charge is 2.34. The largest absolute Gasteiger partial charge is 0.395 e. The quantitative estimate of drug-likeness (QED) is 0.767. The molecule has 1 aliphatic carbocycles. The summed E-state index contributed by atoms with van der Waals surface area (Å²) in [6.07, 6.45) is 4.23. The molecule has 0 unspecified atom stereocenters. The van der Waals surface area contributed by atoms with Gasteiger partial charge in [0.05, 0.1) is 6.61 Å². The first-order valence-electron chi connectivity index (χ1n) is 5.14. The molecule has 0 bridgehead atoms. The smallest absolute Gasteiger partial charge is 0.123 e. The number of hydrogen-bond donors (Lipinski definition) is 1. The average Bonchev–Trinajstić information content (AvgIpc) is 2.67. The van der Waals surface area contributed by atoms with Crippen molar-refractivity contribution in [3.8, 4) is 0 Å². The maximum atomic E-state index is 13.0. The van der Waals surface area contributed by atoms with Crippen LogP contribution in [0.2, 0.25) is 0 Å². The third kappa shape index (κ3) is 1.55. The fourth-order valence-electron chi connectivity index (χ4n) is 2.41. The van der Waals surface area contributed by atoms with E-state index in [-0.39, 0.29) is 17.8 Å². The number of benzene rings is 1. The van der Waals surface area contributed by atoms with Crippen LogP contribution in [0.25, 0.3) is 0 Å². The predicted molar refractivity (Wildman–Crippen MR) is 53.6 cm³/mol. The van der Waals surface area contributed by atoms with Gasteiger partial charge in [-0.15, -0.1) is 0 Å². The summed E-state index contributed by atoms with van der Waals surface area (Å²) in [7, 11) is 0. The first kappa shape index (κ1) is 9.66. The van der Waals surface area contributed by atoms with E-state index >= 15 is 0 Å². The summed E-state index contributed by atoms with van der Waals surface area (Å²) in [6.45, 7) is 0.135. The monoisotopic (exact) mass is 194 g/mol. The molecule has 0 radical (unpaired) electrons. The van der Waals surface area contributed by atoms with Gasteiger partial charge in [0.1, 0.15) is 5.82 Å². The Morgan fingerprint density at radius 2 is 2.00 bits per heavy atom. The van der Waals surface area contributed by atoms with Crippen LogP contribution in [-0.2, 0) is 5.41 Å². The fraction of sp³-hybridized carbons (Fsp3) is 0.500. The van der Waals surface area contributed by atoms with E-state index in [1.54, 1.807) is 12.1 Å². The second kappa shape index (κ2) is 3.70. The van der Waals surface area contributed by atoms with Crippen molar-refractivity contribution in [2.45, 2.75) is 31.1 Å². The molecule has 76 valence electrons. The Morgan fingerprint density at radius 3 is 2.57 bits per heavy atom. The molecular formula is C12H15FO. The standard InChI is InChI=1S/C12H15FO/c13-11-5-3-4-10(8-11)12(9-14)6-1-2-7-12/h3-5,8,14H,1-2,6-7,9H2. The SMILES string of the molecule is OCC1(c2cccc(F)c2)CCCC1. The van der Waals surface area contributed by atoms with Crippen LogP contribution >= 0.6 is 0 Å². The molecule has 0 aliphatic heterocycles. The molecule has 0 saturated heterocycles. The van der Waals surface area contributed by atoms with Gasteiger partial charge in [-0.1, -0.05) is 25.0 Å². The highest BCUT2D eigenvalue weighted by molar-refractivity contribution is 5.27. The molecule has 0 aromatic heterocycles. The van der Waals surface area contributed by atoms with Crippen molar-refractivity contribution in [1.82, 2.24) is 0 Å². The zero-order valence-corrected chi connectivity index (χ0v) is 8.17. The van der Waals surface area contributed by atoms with Crippen molar-refractivity contribution in [3.63, 3.8) is 0 Å². The average molecular weight is 194 g/mol.